The molecule has 0 unspecified atom stereocenters. The van der Waals surface area contributed by atoms with E-state index in [2.05, 4.69) is 10.2 Å². The molecule has 1 N–H and O–H groups in total. The van der Waals surface area contributed by atoms with Gasteiger partial charge in [0.05, 0.1) is 19.8 Å². The van der Waals surface area contributed by atoms with Crippen molar-refractivity contribution in [3.8, 4) is 0 Å². The molecule has 1 aromatic carbocycles. The van der Waals surface area contributed by atoms with Crippen LogP contribution in [-0.2, 0) is 14.3 Å². The third kappa shape index (κ3) is 6.68. The number of hydrogen-bond acceptors (Lipinski definition) is 5. The van der Waals surface area contributed by atoms with Crippen LogP contribution in [0, 0.1) is 0 Å². The minimum absolute atomic E-state index is 0.0658. The van der Waals surface area contributed by atoms with Gasteiger partial charge in [0.1, 0.15) is 0 Å². The molecule has 30 heavy (non-hydrogen) atoms. The predicted molar refractivity (Wildman–Crippen MR) is 113 cm³/mol. The van der Waals surface area contributed by atoms with Crippen LogP contribution in [0.4, 0.5) is 0 Å². The highest BCUT2D eigenvalue weighted by molar-refractivity contribution is 6.30. The van der Waals surface area contributed by atoms with Crippen molar-refractivity contribution < 1.29 is 19.1 Å². The highest BCUT2D eigenvalue weighted by atomic mass is 35.5. The van der Waals surface area contributed by atoms with Gasteiger partial charge in [-0.1, -0.05) is 11.6 Å². The molecule has 2 fully saturated rings. The number of halogens is 1. The summed E-state index contributed by atoms with van der Waals surface area (Å²) in [6.45, 7) is 6.05. The topological polar surface area (TPSA) is 82.2 Å². The van der Waals surface area contributed by atoms with E-state index in [9.17, 15) is 14.4 Å². The van der Waals surface area contributed by atoms with Gasteiger partial charge >= 0.3 is 0 Å². The van der Waals surface area contributed by atoms with Gasteiger partial charge in [-0.25, -0.2) is 0 Å². The molecule has 9 heteroatoms. The van der Waals surface area contributed by atoms with Crippen molar-refractivity contribution in [3.63, 3.8) is 0 Å². The molecule has 0 aliphatic carbocycles. The van der Waals surface area contributed by atoms with Crippen LogP contribution in [0.15, 0.2) is 24.3 Å². The first-order valence-electron chi connectivity index (χ1n) is 10.4. The van der Waals surface area contributed by atoms with Gasteiger partial charge < -0.3 is 19.9 Å². The fraction of sp³-hybridized carbons (Fsp3) is 0.571. The molecule has 0 atom stereocenters. The lowest BCUT2D eigenvalue weighted by atomic mass is 10.2. The van der Waals surface area contributed by atoms with E-state index in [4.69, 9.17) is 16.3 Å². The zero-order chi connectivity index (χ0) is 21.3. The summed E-state index contributed by atoms with van der Waals surface area (Å²) in [5.74, 6) is 0.0106. The Morgan fingerprint density at radius 3 is 2.13 bits per heavy atom. The minimum atomic E-state index is -0.175. The Morgan fingerprint density at radius 2 is 1.50 bits per heavy atom. The van der Waals surface area contributed by atoms with Crippen LogP contribution in [0.2, 0.25) is 5.02 Å². The molecule has 0 aromatic heterocycles. The number of morpholine rings is 1. The van der Waals surface area contributed by atoms with Crippen LogP contribution < -0.4 is 5.32 Å². The zero-order valence-electron chi connectivity index (χ0n) is 17.1. The lowest BCUT2D eigenvalue weighted by molar-refractivity contribution is -0.140. The molecule has 3 amide bonds. The second-order valence-electron chi connectivity index (χ2n) is 7.52. The Labute approximate surface area is 182 Å². The number of carbonyl (C=O) groups is 3. The minimum Gasteiger partial charge on any atom is -0.379 e. The van der Waals surface area contributed by atoms with E-state index in [0.29, 0.717) is 75.9 Å². The van der Waals surface area contributed by atoms with Crippen LogP contribution in [-0.4, -0.2) is 98.0 Å². The maximum atomic E-state index is 12.4. The van der Waals surface area contributed by atoms with Crippen molar-refractivity contribution in [1.29, 1.82) is 0 Å². The van der Waals surface area contributed by atoms with Crippen molar-refractivity contribution in [2.45, 2.75) is 12.8 Å². The van der Waals surface area contributed by atoms with E-state index in [-0.39, 0.29) is 17.7 Å². The lowest BCUT2D eigenvalue weighted by Crippen LogP contribution is -2.53. The summed E-state index contributed by atoms with van der Waals surface area (Å²) in [6, 6.07) is 6.68. The van der Waals surface area contributed by atoms with Gasteiger partial charge in [-0.05, 0) is 30.7 Å². The van der Waals surface area contributed by atoms with Crippen LogP contribution in [0.1, 0.15) is 23.2 Å². The zero-order valence-corrected chi connectivity index (χ0v) is 17.9. The molecule has 3 rings (SSSR count). The maximum absolute atomic E-state index is 12.4. The quantitative estimate of drug-likeness (QED) is 0.641. The highest BCUT2D eigenvalue weighted by Crippen LogP contribution is 2.10. The third-order valence-corrected chi connectivity index (χ3v) is 5.66. The average Bonchev–Trinajstić information content (AvgIpc) is 2.77. The first-order chi connectivity index (χ1) is 14.5. The molecule has 0 bridgehead atoms. The summed E-state index contributed by atoms with van der Waals surface area (Å²) in [7, 11) is 0. The molecule has 2 aliphatic heterocycles. The maximum Gasteiger partial charge on any atom is 0.251 e. The molecule has 164 valence electrons. The van der Waals surface area contributed by atoms with Gasteiger partial charge in [0, 0.05) is 62.8 Å². The van der Waals surface area contributed by atoms with E-state index < -0.39 is 0 Å². The molecule has 0 spiro atoms. The highest BCUT2D eigenvalue weighted by Gasteiger charge is 2.25. The summed E-state index contributed by atoms with van der Waals surface area (Å²) in [5.41, 5.74) is 0.545. The summed E-state index contributed by atoms with van der Waals surface area (Å²) in [4.78, 5) is 42.7. The van der Waals surface area contributed by atoms with Crippen LogP contribution >= 0.6 is 11.6 Å². The van der Waals surface area contributed by atoms with Gasteiger partial charge in [0.15, 0.2) is 0 Å². The molecule has 2 saturated heterocycles. The molecule has 0 radical (unpaired) electrons. The fourth-order valence-electron chi connectivity index (χ4n) is 3.56. The number of amides is 3. The van der Waals surface area contributed by atoms with Crippen LogP contribution in [0.5, 0.6) is 0 Å². The van der Waals surface area contributed by atoms with Gasteiger partial charge in [-0.3, -0.25) is 19.3 Å². The Hall–Kier alpha value is -2.16. The standard InChI is InChI=1S/C21H29ClN4O4/c22-18-5-3-17(4-6-18)21(29)23-7-1-2-19(27)25-8-10-26(11-9-25)20(28)16-24-12-14-30-15-13-24/h3-6H,1-2,7-16H2,(H,23,29). The van der Waals surface area contributed by atoms with E-state index in [1.807, 2.05) is 4.90 Å². The van der Waals surface area contributed by atoms with Gasteiger partial charge in [-0.2, -0.15) is 0 Å². The number of nitrogens with zero attached hydrogens (tertiary/aromatic N) is 3. The molecule has 2 aliphatic rings. The first-order valence-corrected chi connectivity index (χ1v) is 10.8. The van der Waals surface area contributed by atoms with E-state index in [1.165, 1.54) is 0 Å². The van der Waals surface area contributed by atoms with Crippen LogP contribution in [0.25, 0.3) is 0 Å². The summed E-state index contributed by atoms with van der Waals surface area (Å²) >= 11 is 5.82. The molecule has 0 saturated carbocycles. The fourth-order valence-corrected chi connectivity index (χ4v) is 3.68. The lowest BCUT2D eigenvalue weighted by Gasteiger charge is -2.36. The van der Waals surface area contributed by atoms with Crippen molar-refractivity contribution in [3.05, 3.63) is 34.9 Å². The third-order valence-electron chi connectivity index (χ3n) is 5.41. The molecule has 2 heterocycles. The largest absolute Gasteiger partial charge is 0.379 e. The molecule has 1 aromatic rings. The average molecular weight is 437 g/mol. The molecular weight excluding hydrogens is 408 g/mol. The summed E-state index contributed by atoms with van der Waals surface area (Å²) in [5, 5.41) is 3.40. The molecule has 8 nitrogen and oxygen atoms in total. The SMILES string of the molecule is O=C(NCCCC(=O)N1CCN(C(=O)CN2CCOCC2)CC1)c1ccc(Cl)cc1. The number of hydrogen-bond donors (Lipinski definition) is 1. The van der Waals surface area contributed by atoms with E-state index in [0.717, 1.165) is 13.1 Å². The number of carbonyl (C=O) groups excluding carboxylic acids is 3. The Kier molecular flexibility index (Phi) is 8.48. The van der Waals surface area contributed by atoms with Gasteiger partial charge in [0.2, 0.25) is 11.8 Å². The van der Waals surface area contributed by atoms with Crippen molar-refractivity contribution in [1.82, 2.24) is 20.0 Å². The van der Waals surface area contributed by atoms with Crippen molar-refractivity contribution >= 4 is 29.3 Å². The second-order valence-corrected chi connectivity index (χ2v) is 7.95. The van der Waals surface area contributed by atoms with E-state index in [1.54, 1.807) is 29.2 Å². The Balaban J connectivity index is 1.30. The van der Waals surface area contributed by atoms with E-state index >= 15 is 0 Å². The normalized spacial score (nSPS) is 17.6. The second kappa shape index (κ2) is 11.3. The first kappa shape index (κ1) is 22.5. The summed E-state index contributed by atoms with van der Waals surface area (Å²) < 4.78 is 5.31. The van der Waals surface area contributed by atoms with Gasteiger partial charge in [-0.15, -0.1) is 0 Å². The number of piperazine rings is 1. The monoisotopic (exact) mass is 436 g/mol. The Morgan fingerprint density at radius 1 is 0.900 bits per heavy atom. The van der Waals surface area contributed by atoms with Crippen molar-refractivity contribution in [2.75, 3.05) is 65.6 Å². The number of ether oxygens (including phenoxy) is 1. The predicted octanol–water partition coefficient (Wildman–Crippen LogP) is 0.853. The van der Waals surface area contributed by atoms with Crippen molar-refractivity contribution in [2.24, 2.45) is 0 Å². The smallest absolute Gasteiger partial charge is 0.251 e. The Bertz CT molecular complexity index is 729. The number of nitrogens with one attached hydrogen (secondary N) is 1. The number of rotatable bonds is 7. The van der Waals surface area contributed by atoms with Crippen LogP contribution in [0.3, 0.4) is 0 Å². The van der Waals surface area contributed by atoms with Gasteiger partial charge in [0.25, 0.3) is 5.91 Å². The number of benzene rings is 1. The molecular formula is C21H29ClN4O4. The summed E-state index contributed by atoms with van der Waals surface area (Å²) in [6.07, 6.45) is 0.955.